The van der Waals surface area contributed by atoms with E-state index in [-0.39, 0.29) is 11.6 Å². The summed E-state index contributed by atoms with van der Waals surface area (Å²) in [5.74, 6) is -0.0811. The van der Waals surface area contributed by atoms with E-state index in [9.17, 15) is 4.79 Å². The van der Waals surface area contributed by atoms with Crippen LogP contribution in [0.4, 0.5) is 0 Å². The van der Waals surface area contributed by atoms with Crippen LogP contribution in [0.5, 0.6) is 0 Å². The summed E-state index contributed by atoms with van der Waals surface area (Å²) in [6.45, 7) is 7.88. The number of hydrogen-bond donors (Lipinski definition) is 0. The van der Waals surface area contributed by atoms with Gasteiger partial charge in [-0.3, -0.25) is 4.79 Å². The minimum absolute atomic E-state index is 0.0811. The third-order valence-electron chi connectivity index (χ3n) is 3.83. The van der Waals surface area contributed by atoms with Crippen molar-refractivity contribution < 1.29 is 9.53 Å². The quantitative estimate of drug-likeness (QED) is 0.162. The van der Waals surface area contributed by atoms with Crippen LogP contribution in [0, 0.1) is 0 Å². The fraction of sp³-hybridized carbons (Fsp3) is 0.577. The Morgan fingerprint density at radius 1 is 0.679 bits per heavy atom. The van der Waals surface area contributed by atoms with Crippen LogP contribution < -0.4 is 0 Å². The minimum atomic E-state index is -0.369. The second kappa shape index (κ2) is 18.5. The van der Waals surface area contributed by atoms with E-state index in [2.05, 4.69) is 67.7 Å². The lowest BCUT2D eigenvalue weighted by atomic mass is 10.1. The maximum absolute atomic E-state index is 11.6. The van der Waals surface area contributed by atoms with E-state index in [4.69, 9.17) is 4.74 Å². The first-order chi connectivity index (χ1) is 13.5. The maximum atomic E-state index is 11.6. The molecule has 0 aliphatic carbocycles. The highest BCUT2D eigenvalue weighted by molar-refractivity contribution is 5.69. The number of carbonyl (C=O) groups is 1. The van der Waals surface area contributed by atoms with Crippen LogP contribution in [0.25, 0.3) is 0 Å². The van der Waals surface area contributed by atoms with Gasteiger partial charge in [0.15, 0.2) is 0 Å². The molecular weight excluding hydrogens is 344 g/mol. The summed E-state index contributed by atoms with van der Waals surface area (Å²) < 4.78 is 5.30. The van der Waals surface area contributed by atoms with Crippen LogP contribution in [0.3, 0.4) is 0 Å². The van der Waals surface area contributed by atoms with Gasteiger partial charge in [0, 0.05) is 6.42 Å². The number of unbranched alkanes of at least 4 members (excludes halogenated alkanes) is 3. The predicted octanol–water partition coefficient (Wildman–Crippen LogP) is 8.03. The zero-order chi connectivity index (χ0) is 20.9. The fourth-order valence-corrected chi connectivity index (χ4v) is 2.47. The fourth-order valence-electron chi connectivity index (χ4n) is 2.47. The topological polar surface area (TPSA) is 26.3 Å². The van der Waals surface area contributed by atoms with Gasteiger partial charge in [0.25, 0.3) is 0 Å². The molecule has 0 spiro atoms. The molecule has 0 amide bonds. The highest BCUT2D eigenvalue weighted by Gasteiger charge is 2.15. The van der Waals surface area contributed by atoms with Crippen molar-refractivity contribution in [2.24, 2.45) is 0 Å². The monoisotopic (exact) mass is 386 g/mol. The summed E-state index contributed by atoms with van der Waals surface area (Å²) in [7, 11) is 0. The number of allylic oxidation sites excluding steroid dienone is 10. The van der Waals surface area contributed by atoms with E-state index >= 15 is 0 Å². The molecule has 158 valence electrons. The van der Waals surface area contributed by atoms with E-state index in [1.807, 2.05) is 20.8 Å². The molecule has 0 atom stereocenters. The average molecular weight is 387 g/mol. The highest BCUT2D eigenvalue weighted by atomic mass is 16.6. The van der Waals surface area contributed by atoms with Gasteiger partial charge >= 0.3 is 5.97 Å². The first-order valence-corrected chi connectivity index (χ1v) is 10.9. The number of ether oxygens (including phenoxy) is 1. The van der Waals surface area contributed by atoms with Crippen LogP contribution in [-0.4, -0.2) is 11.6 Å². The number of esters is 1. The summed E-state index contributed by atoms with van der Waals surface area (Å²) in [5, 5.41) is 0. The Morgan fingerprint density at radius 3 is 1.61 bits per heavy atom. The Bertz CT molecular complexity index is 513. The van der Waals surface area contributed by atoms with E-state index in [1.165, 1.54) is 0 Å². The van der Waals surface area contributed by atoms with Crippen molar-refractivity contribution in [2.75, 3.05) is 0 Å². The van der Waals surface area contributed by atoms with Gasteiger partial charge in [0.1, 0.15) is 5.60 Å². The lowest BCUT2D eigenvalue weighted by Gasteiger charge is -2.19. The molecule has 0 saturated carbocycles. The van der Waals surface area contributed by atoms with Gasteiger partial charge in [0.2, 0.25) is 0 Å². The van der Waals surface area contributed by atoms with Crippen LogP contribution in [-0.2, 0) is 9.53 Å². The summed E-state index contributed by atoms with van der Waals surface area (Å²) >= 11 is 0. The van der Waals surface area contributed by atoms with Gasteiger partial charge in [-0.15, -0.1) is 0 Å². The van der Waals surface area contributed by atoms with Crippen molar-refractivity contribution in [1.82, 2.24) is 0 Å². The van der Waals surface area contributed by atoms with Crippen LogP contribution in [0.15, 0.2) is 60.8 Å². The molecule has 0 fully saturated rings. The van der Waals surface area contributed by atoms with Gasteiger partial charge in [-0.05, 0) is 72.1 Å². The lowest BCUT2D eigenvalue weighted by Crippen LogP contribution is -2.23. The van der Waals surface area contributed by atoms with Crippen molar-refractivity contribution in [3.8, 4) is 0 Å². The van der Waals surface area contributed by atoms with Crippen LogP contribution >= 0.6 is 0 Å². The lowest BCUT2D eigenvalue weighted by molar-refractivity contribution is -0.154. The zero-order valence-electron chi connectivity index (χ0n) is 18.7. The summed E-state index contributed by atoms with van der Waals surface area (Å²) in [6, 6.07) is 0. The molecule has 0 unspecified atom stereocenters. The first-order valence-electron chi connectivity index (χ1n) is 10.9. The van der Waals surface area contributed by atoms with Crippen molar-refractivity contribution in [2.45, 2.75) is 97.5 Å². The molecule has 0 N–H and O–H groups in total. The molecule has 2 heteroatoms. The van der Waals surface area contributed by atoms with Crippen LogP contribution in [0.2, 0.25) is 0 Å². The molecule has 0 aromatic heterocycles. The van der Waals surface area contributed by atoms with Gasteiger partial charge in [0.05, 0.1) is 0 Å². The van der Waals surface area contributed by atoms with Crippen molar-refractivity contribution >= 4 is 5.97 Å². The largest absolute Gasteiger partial charge is 0.460 e. The minimum Gasteiger partial charge on any atom is -0.460 e. The maximum Gasteiger partial charge on any atom is 0.306 e. The summed E-state index contributed by atoms with van der Waals surface area (Å²) in [5.41, 5.74) is -0.369. The van der Waals surface area contributed by atoms with E-state index in [0.717, 1.165) is 57.8 Å². The van der Waals surface area contributed by atoms with Gasteiger partial charge < -0.3 is 4.74 Å². The third-order valence-corrected chi connectivity index (χ3v) is 3.83. The number of carbonyl (C=O) groups excluding carboxylic acids is 1. The molecule has 0 bridgehead atoms. The molecule has 2 nitrogen and oxygen atoms in total. The second-order valence-electron chi connectivity index (χ2n) is 7.89. The molecule has 0 radical (unpaired) electrons. The second-order valence-corrected chi connectivity index (χ2v) is 7.89. The summed E-state index contributed by atoms with van der Waals surface area (Å²) in [4.78, 5) is 11.6. The Balaban J connectivity index is 3.51. The molecule has 0 saturated heterocycles. The van der Waals surface area contributed by atoms with Crippen molar-refractivity contribution in [1.29, 1.82) is 0 Å². The molecule has 0 heterocycles. The Morgan fingerprint density at radius 2 is 1.14 bits per heavy atom. The van der Waals surface area contributed by atoms with Gasteiger partial charge in [-0.25, -0.2) is 0 Å². The van der Waals surface area contributed by atoms with Crippen molar-refractivity contribution in [3.63, 3.8) is 0 Å². The van der Waals surface area contributed by atoms with Gasteiger partial charge in [-0.2, -0.15) is 0 Å². The normalized spacial score (nSPS) is 13.1. The standard InChI is InChI=1S/C26H42O2/c1-5-6-7-8-9-10-11-12-13-14-15-16-17-18-19-20-21-22-23-24-25(27)28-26(2,3)4/h6-7,9-10,12-13,15-16,18-19H,5,8,11,14,17,20-24H2,1-4H3/b7-6-,10-9-,13-12-,16-15-,19-18-. The molecule has 0 aliphatic rings. The Hall–Kier alpha value is -1.83. The van der Waals surface area contributed by atoms with Crippen LogP contribution in [0.1, 0.15) is 91.9 Å². The SMILES string of the molecule is CC/C=C\C/C=C\C/C=C\C/C=C\C/C=C\CCCCCC(=O)OC(C)(C)C. The molecule has 0 rings (SSSR count). The first kappa shape index (κ1) is 26.2. The third kappa shape index (κ3) is 22.2. The highest BCUT2D eigenvalue weighted by Crippen LogP contribution is 2.11. The molecule has 0 aromatic carbocycles. The smallest absolute Gasteiger partial charge is 0.306 e. The predicted molar refractivity (Wildman–Crippen MR) is 123 cm³/mol. The number of hydrogen-bond acceptors (Lipinski definition) is 2. The zero-order valence-corrected chi connectivity index (χ0v) is 18.7. The van der Waals surface area contributed by atoms with E-state index in [0.29, 0.717) is 6.42 Å². The summed E-state index contributed by atoms with van der Waals surface area (Å²) in [6.07, 6.45) is 32.1. The number of rotatable bonds is 15. The molecule has 28 heavy (non-hydrogen) atoms. The van der Waals surface area contributed by atoms with Gasteiger partial charge in [-0.1, -0.05) is 74.1 Å². The Kier molecular flexibility index (Phi) is 17.3. The molecule has 0 aliphatic heterocycles. The van der Waals surface area contributed by atoms with Crippen molar-refractivity contribution in [3.05, 3.63) is 60.8 Å². The molecular formula is C26H42O2. The molecule has 0 aromatic rings. The average Bonchev–Trinajstić information content (AvgIpc) is 2.62. The Labute approximate surface area is 174 Å². The van der Waals surface area contributed by atoms with E-state index in [1.54, 1.807) is 0 Å². The van der Waals surface area contributed by atoms with E-state index < -0.39 is 0 Å².